The summed E-state index contributed by atoms with van der Waals surface area (Å²) in [5.41, 5.74) is 0. The van der Waals surface area contributed by atoms with E-state index in [1.54, 1.807) is 12.1 Å². The van der Waals surface area contributed by atoms with Gasteiger partial charge in [0.05, 0.1) is 10.3 Å². The Kier molecular flexibility index (Phi) is 4.04. The molecular formula is C15H16ClNO3S. The maximum absolute atomic E-state index is 12.0. The van der Waals surface area contributed by atoms with E-state index >= 15 is 0 Å². The summed E-state index contributed by atoms with van der Waals surface area (Å²) in [6.07, 6.45) is 6.06. The minimum atomic E-state index is -0.790. The molecule has 112 valence electrons. The molecule has 0 radical (unpaired) electrons. The van der Waals surface area contributed by atoms with Crippen molar-refractivity contribution in [2.24, 2.45) is 17.8 Å². The Balaban J connectivity index is 1.64. The molecule has 0 aliphatic heterocycles. The van der Waals surface area contributed by atoms with E-state index in [1.807, 2.05) is 6.07 Å². The summed E-state index contributed by atoms with van der Waals surface area (Å²) in [6, 6.07) is 3.39. The molecule has 6 heteroatoms. The van der Waals surface area contributed by atoms with Crippen LogP contribution in [0.1, 0.15) is 24.1 Å². The van der Waals surface area contributed by atoms with E-state index < -0.39 is 11.9 Å². The fourth-order valence-electron chi connectivity index (χ4n) is 3.64. The van der Waals surface area contributed by atoms with E-state index in [9.17, 15) is 14.7 Å². The highest BCUT2D eigenvalue weighted by Crippen LogP contribution is 2.48. The van der Waals surface area contributed by atoms with Crippen molar-refractivity contribution >= 4 is 40.9 Å². The first-order valence-electron chi connectivity index (χ1n) is 7.01. The smallest absolute Gasteiger partial charge is 0.308 e. The lowest BCUT2D eigenvalue weighted by molar-refractivity contribution is -0.144. The van der Waals surface area contributed by atoms with Crippen LogP contribution in [0.25, 0.3) is 6.08 Å². The van der Waals surface area contributed by atoms with Crippen molar-refractivity contribution in [3.8, 4) is 0 Å². The van der Waals surface area contributed by atoms with Crippen LogP contribution in [0.5, 0.6) is 0 Å². The Bertz CT molecular complexity index is 597. The number of carboxylic acids is 1. The van der Waals surface area contributed by atoms with Gasteiger partial charge >= 0.3 is 5.97 Å². The normalized spacial score (nSPS) is 30.9. The SMILES string of the molecule is O=C(C=Cc1ccc(Cl)s1)NC1C2CCC(C2)C1C(=O)O. The molecule has 0 saturated heterocycles. The van der Waals surface area contributed by atoms with Crippen LogP contribution < -0.4 is 5.32 Å². The summed E-state index contributed by atoms with van der Waals surface area (Å²) in [5, 5.41) is 12.2. The molecule has 2 aliphatic rings. The second-order valence-electron chi connectivity index (χ2n) is 5.71. The Hall–Kier alpha value is -1.33. The number of rotatable bonds is 4. The van der Waals surface area contributed by atoms with Crippen LogP contribution in [-0.4, -0.2) is 23.0 Å². The Morgan fingerprint density at radius 2 is 2.10 bits per heavy atom. The predicted molar refractivity (Wildman–Crippen MR) is 82.3 cm³/mol. The van der Waals surface area contributed by atoms with Gasteiger partial charge in [0.1, 0.15) is 0 Å². The van der Waals surface area contributed by atoms with Crippen LogP contribution in [0, 0.1) is 17.8 Å². The van der Waals surface area contributed by atoms with Gasteiger partial charge in [-0.15, -0.1) is 11.3 Å². The van der Waals surface area contributed by atoms with Gasteiger partial charge in [-0.2, -0.15) is 0 Å². The highest BCUT2D eigenvalue weighted by Gasteiger charge is 2.51. The first kappa shape index (κ1) is 14.6. The van der Waals surface area contributed by atoms with E-state index in [0.717, 1.165) is 24.1 Å². The topological polar surface area (TPSA) is 66.4 Å². The lowest BCUT2D eigenvalue weighted by atomic mass is 9.84. The summed E-state index contributed by atoms with van der Waals surface area (Å²) in [5.74, 6) is -0.926. The minimum Gasteiger partial charge on any atom is -0.481 e. The summed E-state index contributed by atoms with van der Waals surface area (Å²) in [4.78, 5) is 24.3. The molecule has 0 spiro atoms. The first-order chi connectivity index (χ1) is 10.0. The van der Waals surface area contributed by atoms with Crippen molar-refractivity contribution in [1.29, 1.82) is 0 Å². The van der Waals surface area contributed by atoms with Gasteiger partial charge in [0.2, 0.25) is 5.91 Å². The van der Waals surface area contributed by atoms with E-state index in [2.05, 4.69) is 5.32 Å². The molecule has 2 bridgehead atoms. The average molecular weight is 326 g/mol. The van der Waals surface area contributed by atoms with Gasteiger partial charge in [-0.3, -0.25) is 9.59 Å². The minimum absolute atomic E-state index is 0.220. The van der Waals surface area contributed by atoms with E-state index in [0.29, 0.717) is 10.3 Å². The zero-order valence-electron chi connectivity index (χ0n) is 11.3. The van der Waals surface area contributed by atoms with Gasteiger partial charge in [-0.05, 0) is 49.3 Å². The number of thiophene rings is 1. The van der Waals surface area contributed by atoms with Crippen molar-refractivity contribution < 1.29 is 14.7 Å². The molecule has 1 heterocycles. The van der Waals surface area contributed by atoms with E-state index in [4.69, 9.17) is 11.6 Å². The molecule has 4 unspecified atom stereocenters. The van der Waals surface area contributed by atoms with Crippen molar-refractivity contribution in [2.75, 3.05) is 0 Å². The quantitative estimate of drug-likeness (QED) is 0.836. The molecule has 21 heavy (non-hydrogen) atoms. The van der Waals surface area contributed by atoms with Crippen LogP contribution in [0.4, 0.5) is 0 Å². The molecule has 4 nitrogen and oxygen atoms in total. The molecule has 2 fully saturated rings. The Morgan fingerprint density at radius 1 is 1.33 bits per heavy atom. The fourth-order valence-corrected chi connectivity index (χ4v) is 4.61. The van der Waals surface area contributed by atoms with Crippen LogP contribution in [-0.2, 0) is 9.59 Å². The van der Waals surface area contributed by atoms with Crippen LogP contribution in [0.2, 0.25) is 4.34 Å². The maximum Gasteiger partial charge on any atom is 0.308 e. The number of carbonyl (C=O) groups is 2. The van der Waals surface area contributed by atoms with Crippen LogP contribution in [0.3, 0.4) is 0 Å². The number of carboxylic acid groups (broad SMARTS) is 1. The van der Waals surface area contributed by atoms with Gasteiger partial charge in [-0.1, -0.05) is 11.6 Å². The molecule has 1 aromatic rings. The maximum atomic E-state index is 12.0. The number of fused-ring (bicyclic) bond motifs is 2. The summed E-state index contributed by atoms with van der Waals surface area (Å²) >= 11 is 7.22. The number of hydrogen-bond donors (Lipinski definition) is 2. The molecule has 2 aliphatic carbocycles. The van der Waals surface area contributed by atoms with Crippen molar-refractivity contribution in [1.82, 2.24) is 5.32 Å². The van der Waals surface area contributed by atoms with Gasteiger partial charge in [0.15, 0.2) is 0 Å². The predicted octanol–water partition coefficient (Wildman–Crippen LogP) is 3.03. The number of carbonyl (C=O) groups excluding carboxylic acids is 1. The second-order valence-corrected chi connectivity index (χ2v) is 7.45. The standard InChI is InChI=1S/C15H16ClNO3S/c16-11-5-3-10(21-11)4-6-12(18)17-14-9-2-1-8(7-9)13(14)15(19)20/h3-6,8-9,13-14H,1-2,7H2,(H,17,18)(H,19,20). The third-order valence-electron chi connectivity index (χ3n) is 4.50. The second kappa shape index (κ2) is 5.81. The number of aliphatic carboxylic acids is 1. The molecule has 4 atom stereocenters. The Morgan fingerprint density at radius 3 is 2.76 bits per heavy atom. The Labute approximate surface area is 131 Å². The van der Waals surface area contributed by atoms with E-state index in [1.165, 1.54) is 17.4 Å². The third kappa shape index (κ3) is 2.99. The highest BCUT2D eigenvalue weighted by molar-refractivity contribution is 7.17. The van der Waals surface area contributed by atoms with Crippen LogP contribution in [0.15, 0.2) is 18.2 Å². The third-order valence-corrected chi connectivity index (χ3v) is 5.70. The first-order valence-corrected chi connectivity index (χ1v) is 8.21. The number of amides is 1. The van der Waals surface area contributed by atoms with Gasteiger partial charge in [-0.25, -0.2) is 0 Å². The van der Waals surface area contributed by atoms with Gasteiger partial charge in [0.25, 0.3) is 0 Å². The van der Waals surface area contributed by atoms with Gasteiger partial charge < -0.3 is 10.4 Å². The molecule has 2 saturated carbocycles. The number of halogens is 1. The molecule has 1 amide bonds. The summed E-state index contributed by atoms with van der Waals surface area (Å²) in [6.45, 7) is 0. The lowest BCUT2D eigenvalue weighted by Gasteiger charge is -2.28. The summed E-state index contributed by atoms with van der Waals surface area (Å²) < 4.78 is 0.675. The zero-order valence-corrected chi connectivity index (χ0v) is 12.9. The van der Waals surface area contributed by atoms with Crippen LogP contribution >= 0.6 is 22.9 Å². The summed E-state index contributed by atoms with van der Waals surface area (Å²) in [7, 11) is 0. The monoisotopic (exact) mass is 325 g/mol. The largest absolute Gasteiger partial charge is 0.481 e. The number of hydrogen-bond acceptors (Lipinski definition) is 3. The molecule has 0 aromatic carbocycles. The lowest BCUT2D eigenvalue weighted by Crippen LogP contribution is -2.46. The van der Waals surface area contributed by atoms with Crippen molar-refractivity contribution in [3.63, 3.8) is 0 Å². The molecular weight excluding hydrogens is 310 g/mol. The average Bonchev–Trinajstić information content (AvgIpc) is 3.11. The van der Waals surface area contributed by atoms with Crippen molar-refractivity contribution in [2.45, 2.75) is 25.3 Å². The molecule has 1 aromatic heterocycles. The van der Waals surface area contributed by atoms with Gasteiger partial charge in [0, 0.05) is 17.0 Å². The zero-order chi connectivity index (χ0) is 15.0. The van der Waals surface area contributed by atoms with E-state index in [-0.39, 0.29) is 17.9 Å². The van der Waals surface area contributed by atoms with Crippen molar-refractivity contribution in [3.05, 3.63) is 27.4 Å². The number of nitrogens with one attached hydrogen (secondary N) is 1. The molecule has 3 rings (SSSR count). The highest BCUT2D eigenvalue weighted by atomic mass is 35.5. The fraction of sp³-hybridized carbons (Fsp3) is 0.467. The molecule has 2 N–H and O–H groups in total.